The first kappa shape index (κ1) is 57.3. The Morgan fingerprint density at radius 2 is 0.881 bits per heavy atom. The third kappa shape index (κ3) is 40.1. The Morgan fingerprint density at radius 3 is 1.27 bits per heavy atom. The first-order valence-electron chi connectivity index (χ1n) is 25.0. The standard InChI is InChI=1S/C51H99N2O6/c1-8-10-12-14-16-18-20-22-24-26-28-30-32-34-36-38-50(56)58-48(5)43-52(42-46(3)54)40-41-53(7,44-47(4)55)45-49(6)59-51(57)39-37-35-33-31-29-27-25-23-21-19-17-15-13-11-9-2/h21-24,46-49,54-55H,8-20,25-45H2,1-7H3/q+1/b23-21+,24-22+. The van der Waals surface area contributed by atoms with E-state index in [1.807, 2.05) is 13.8 Å². The Bertz CT molecular complexity index is 1020. The number of unbranched alkanes of at least 4 members (excludes halogenated alkanes) is 22. The SMILES string of the molecule is CCCCCCC/C=C/CCCCCCCCC(=O)OC(C)C[N+](C)(CCN(CC(C)O)CC(C)OC(=O)CCCCCCC/C=C/CCCCCCCC)CC(C)O. The van der Waals surface area contributed by atoms with Gasteiger partial charge in [-0.1, -0.05) is 141 Å². The topological polar surface area (TPSA) is 96.3 Å². The van der Waals surface area contributed by atoms with Crippen LogP contribution in [-0.2, 0) is 19.1 Å². The van der Waals surface area contributed by atoms with Crippen molar-refractivity contribution in [1.82, 2.24) is 4.90 Å². The number of ether oxygens (including phenoxy) is 2. The fourth-order valence-corrected chi connectivity index (χ4v) is 8.21. The number of hydrogen-bond acceptors (Lipinski definition) is 7. The molecule has 0 saturated heterocycles. The Hall–Kier alpha value is -1.74. The first-order valence-corrected chi connectivity index (χ1v) is 25.0. The summed E-state index contributed by atoms with van der Waals surface area (Å²) in [6.45, 7) is 15.4. The number of nitrogens with zero attached hydrogens (tertiary/aromatic N) is 2. The van der Waals surface area contributed by atoms with Gasteiger partial charge < -0.3 is 24.2 Å². The number of likely N-dealkylation sites (N-methyl/N-ethyl adjacent to an activating group) is 1. The molecule has 0 fully saturated rings. The van der Waals surface area contributed by atoms with Crippen LogP contribution in [0.1, 0.15) is 221 Å². The van der Waals surface area contributed by atoms with Gasteiger partial charge in [0.2, 0.25) is 0 Å². The fourth-order valence-electron chi connectivity index (χ4n) is 8.21. The molecule has 0 spiro atoms. The maximum Gasteiger partial charge on any atom is 0.306 e. The minimum absolute atomic E-state index is 0.144. The number of aliphatic hydroxyl groups excluding tert-OH is 2. The van der Waals surface area contributed by atoms with Gasteiger partial charge in [0.05, 0.1) is 19.7 Å². The van der Waals surface area contributed by atoms with Crippen molar-refractivity contribution in [2.24, 2.45) is 0 Å². The number of esters is 2. The van der Waals surface area contributed by atoms with Gasteiger partial charge in [-0.25, -0.2) is 0 Å². The maximum atomic E-state index is 12.7. The van der Waals surface area contributed by atoms with E-state index in [0.717, 1.165) is 44.9 Å². The van der Waals surface area contributed by atoms with Crippen molar-refractivity contribution in [3.8, 4) is 0 Å². The lowest BCUT2D eigenvalue weighted by atomic mass is 10.1. The van der Waals surface area contributed by atoms with Gasteiger partial charge in [-0.2, -0.15) is 0 Å². The van der Waals surface area contributed by atoms with E-state index in [0.29, 0.717) is 56.6 Å². The molecular formula is C51H99N2O6+. The third-order valence-electron chi connectivity index (χ3n) is 11.3. The summed E-state index contributed by atoms with van der Waals surface area (Å²) < 4.78 is 12.2. The molecule has 0 radical (unpaired) electrons. The lowest BCUT2D eigenvalue weighted by molar-refractivity contribution is -0.914. The molecule has 0 aromatic carbocycles. The zero-order chi connectivity index (χ0) is 43.8. The summed E-state index contributed by atoms with van der Waals surface area (Å²) in [7, 11) is 2.10. The van der Waals surface area contributed by atoms with Crippen molar-refractivity contribution >= 4 is 11.9 Å². The van der Waals surface area contributed by atoms with E-state index in [1.54, 1.807) is 13.8 Å². The Kier molecular flexibility index (Phi) is 39.1. The van der Waals surface area contributed by atoms with E-state index in [4.69, 9.17) is 9.47 Å². The van der Waals surface area contributed by atoms with Crippen molar-refractivity contribution in [2.45, 2.75) is 246 Å². The van der Waals surface area contributed by atoms with Crippen molar-refractivity contribution in [3.63, 3.8) is 0 Å². The number of allylic oxidation sites excluding steroid dienone is 4. The van der Waals surface area contributed by atoms with E-state index in [-0.39, 0.29) is 24.1 Å². The van der Waals surface area contributed by atoms with Crippen LogP contribution in [0.2, 0.25) is 0 Å². The number of hydrogen-bond donors (Lipinski definition) is 2. The Balaban J connectivity index is 4.43. The van der Waals surface area contributed by atoms with Gasteiger partial charge in [0, 0.05) is 32.5 Å². The van der Waals surface area contributed by atoms with Gasteiger partial charge in [0.15, 0.2) is 0 Å². The smallest absolute Gasteiger partial charge is 0.306 e. The van der Waals surface area contributed by atoms with Gasteiger partial charge in [-0.15, -0.1) is 0 Å². The second kappa shape index (κ2) is 40.3. The largest absolute Gasteiger partial charge is 0.461 e. The van der Waals surface area contributed by atoms with Gasteiger partial charge in [-0.3, -0.25) is 14.5 Å². The lowest BCUT2D eigenvalue weighted by Crippen LogP contribution is -2.56. The molecule has 5 atom stereocenters. The number of aliphatic hydroxyl groups is 2. The van der Waals surface area contributed by atoms with Crippen LogP contribution in [0, 0.1) is 0 Å². The van der Waals surface area contributed by atoms with Crippen LogP contribution in [0.25, 0.3) is 0 Å². The molecule has 0 aliphatic carbocycles. The summed E-state index contributed by atoms with van der Waals surface area (Å²) in [5.41, 5.74) is 0. The lowest BCUT2D eigenvalue weighted by Gasteiger charge is -2.39. The third-order valence-corrected chi connectivity index (χ3v) is 11.3. The highest BCUT2D eigenvalue weighted by molar-refractivity contribution is 5.69. The molecule has 8 nitrogen and oxygen atoms in total. The molecule has 0 amide bonds. The van der Waals surface area contributed by atoms with Gasteiger partial charge in [-0.05, 0) is 91.9 Å². The number of carbonyl (C=O) groups excluding carboxylic acids is 2. The second-order valence-electron chi connectivity index (χ2n) is 18.4. The van der Waals surface area contributed by atoms with Crippen molar-refractivity contribution in [1.29, 1.82) is 0 Å². The van der Waals surface area contributed by atoms with E-state index in [1.165, 1.54) is 122 Å². The van der Waals surface area contributed by atoms with Crippen LogP contribution in [-0.4, -0.2) is 102 Å². The van der Waals surface area contributed by atoms with E-state index < -0.39 is 12.2 Å². The number of carbonyl (C=O) groups is 2. The molecule has 0 aliphatic rings. The average Bonchev–Trinajstić information content (AvgIpc) is 3.16. The molecule has 348 valence electrons. The summed E-state index contributed by atoms with van der Waals surface area (Å²) >= 11 is 0. The molecule has 8 heteroatoms. The highest BCUT2D eigenvalue weighted by atomic mass is 16.5. The summed E-state index contributed by atoms with van der Waals surface area (Å²) in [5.74, 6) is -0.298. The summed E-state index contributed by atoms with van der Waals surface area (Å²) in [6, 6.07) is 0. The highest BCUT2D eigenvalue weighted by Gasteiger charge is 2.29. The second-order valence-corrected chi connectivity index (χ2v) is 18.4. The predicted octanol–water partition coefficient (Wildman–Crippen LogP) is 12.4. The monoisotopic (exact) mass is 836 g/mol. The summed E-state index contributed by atoms with van der Waals surface area (Å²) in [5, 5.41) is 20.7. The van der Waals surface area contributed by atoms with Crippen LogP contribution in [0.15, 0.2) is 24.3 Å². The highest BCUT2D eigenvalue weighted by Crippen LogP contribution is 2.15. The van der Waals surface area contributed by atoms with Crippen LogP contribution in [0.5, 0.6) is 0 Å². The van der Waals surface area contributed by atoms with Crippen molar-refractivity contribution < 1.29 is 33.8 Å². The molecule has 0 heterocycles. The van der Waals surface area contributed by atoms with Gasteiger partial charge in [0.1, 0.15) is 31.4 Å². The van der Waals surface area contributed by atoms with Crippen molar-refractivity contribution in [2.75, 3.05) is 46.3 Å². The minimum Gasteiger partial charge on any atom is -0.461 e. The van der Waals surface area contributed by atoms with Crippen LogP contribution in [0.4, 0.5) is 0 Å². The molecule has 0 aliphatic heterocycles. The molecule has 0 bridgehead atoms. The average molecular weight is 836 g/mol. The van der Waals surface area contributed by atoms with E-state index >= 15 is 0 Å². The van der Waals surface area contributed by atoms with Crippen LogP contribution < -0.4 is 0 Å². The zero-order valence-corrected chi connectivity index (χ0v) is 40.1. The quantitative estimate of drug-likeness (QED) is 0.0273. The first-order chi connectivity index (χ1) is 28.4. The van der Waals surface area contributed by atoms with E-state index in [9.17, 15) is 19.8 Å². The van der Waals surface area contributed by atoms with Crippen molar-refractivity contribution in [3.05, 3.63) is 24.3 Å². The van der Waals surface area contributed by atoms with Gasteiger partial charge in [0.25, 0.3) is 0 Å². The fraction of sp³-hybridized carbons (Fsp3) is 0.882. The van der Waals surface area contributed by atoms with E-state index in [2.05, 4.69) is 50.1 Å². The van der Waals surface area contributed by atoms with Crippen LogP contribution in [0.3, 0.4) is 0 Å². The Labute approximate surface area is 365 Å². The van der Waals surface area contributed by atoms with Gasteiger partial charge >= 0.3 is 11.9 Å². The Morgan fingerprint density at radius 1 is 0.508 bits per heavy atom. The summed E-state index contributed by atoms with van der Waals surface area (Å²) in [6.07, 6.45) is 40.5. The summed E-state index contributed by atoms with van der Waals surface area (Å²) in [4.78, 5) is 27.5. The molecule has 2 N–H and O–H groups in total. The maximum absolute atomic E-state index is 12.7. The minimum atomic E-state index is -0.527. The van der Waals surface area contributed by atoms with Crippen LogP contribution >= 0.6 is 0 Å². The molecule has 0 aromatic heterocycles. The molecule has 0 saturated carbocycles. The molecule has 0 rings (SSSR count). The number of quaternary nitrogens is 1. The predicted molar refractivity (Wildman–Crippen MR) is 251 cm³/mol. The molecule has 0 aromatic rings. The normalized spacial score (nSPS) is 15.2. The zero-order valence-electron chi connectivity index (χ0n) is 40.1. The number of rotatable bonds is 43. The molecule has 5 unspecified atom stereocenters. The molecular weight excluding hydrogens is 737 g/mol. The molecule has 59 heavy (non-hydrogen) atoms.